The summed E-state index contributed by atoms with van der Waals surface area (Å²) in [7, 11) is 0. The van der Waals surface area contributed by atoms with Gasteiger partial charge in [0.15, 0.2) is 5.78 Å². The van der Waals surface area contributed by atoms with Crippen molar-refractivity contribution in [3.8, 4) is 0 Å². The summed E-state index contributed by atoms with van der Waals surface area (Å²) >= 11 is 0. The van der Waals surface area contributed by atoms with E-state index in [4.69, 9.17) is 0 Å². The normalized spacial score (nSPS) is 17.4. The van der Waals surface area contributed by atoms with E-state index in [2.05, 4.69) is 30.6 Å². The number of hydrogen-bond donors (Lipinski definition) is 0. The lowest BCUT2D eigenvalue weighted by Crippen LogP contribution is -2.53. The van der Waals surface area contributed by atoms with E-state index < -0.39 is 0 Å². The van der Waals surface area contributed by atoms with Crippen molar-refractivity contribution in [3.63, 3.8) is 0 Å². The van der Waals surface area contributed by atoms with Crippen LogP contribution in [0.5, 0.6) is 0 Å². The Hall–Kier alpha value is -1.42. The summed E-state index contributed by atoms with van der Waals surface area (Å²) in [5, 5.41) is 0. The molecule has 1 aliphatic heterocycles. The van der Waals surface area contributed by atoms with Crippen LogP contribution in [0.4, 0.5) is 10.1 Å². The zero-order valence-corrected chi connectivity index (χ0v) is 12.7. The first-order valence-corrected chi connectivity index (χ1v) is 7.09. The molecule has 1 heterocycles. The Bertz CT molecular complexity index is 500. The smallest absolute Gasteiger partial charge is 0.161 e. The minimum Gasteiger partial charge on any atom is -0.368 e. The van der Waals surface area contributed by atoms with Gasteiger partial charge in [-0.05, 0) is 45.9 Å². The van der Waals surface area contributed by atoms with E-state index in [0.717, 1.165) is 31.9 Å². The van der Waals surface area contributed by atoms with E-state index in [1.54, 1.807) is 6.07 Å². The van der Waals surface area contributed by atoms with Crippen LogP contribution < -0.4 is 4.90 Å². The van der Waals surface area contributed by atoms with Crippen LogP contribution in [0.25, 0.3) is 0 Å². The predicted octanol–water partition coefficient (Wildman–Crippen LogP) is 2.95. The number of carbonyl (C=O) groups excluding carboxylic acids is 1. The molecule has 1 aromatic carbocycles. The molecule has 0 bridgehead atoms. The van der Waals surface area contributed by atoms with Crippen molar-refractivity contribution in [2.24, 2.45) is 0 Å². The second-order valence-electron chi connectivity index (χ2n) is 6.36. The molecule has 0 N–H and O–H groups in total. The lowest BCUT2D eigenvalue weighted by Gasteiger charge is -2.43. The molecule has 110 valence electrons. The van der Waals surface area contributed by atoms with Gasteiger partial charge in [0, 0.05) is 43.0 Å². The minimum atomic E-state index is -0.354. The second-order valence-corrected chi connectivity index (χ2v) is 6.36. The molecule has 1 aromatic rings. The standard InChI is InChI=1S/C16H23FN2O/c1-12(20)14-11-13(17)5-6-15(14)18-7-9-19(10-8-18)16(2,3)4/h5-6,11H,7-10H2,1-4H3. The van der Waals surface area contributed by atoms with Crippen molar-refractivity contribution in [1.29, 1.82) is 0 Å². The first-order chi connectivity index (χ1) is 9.29. The van der Waals surface area contributed by atoms with Gasteiger partial charge in [-0.1, -0.05) is 0 Å². The lowest BCUT2D eigenvalue weighted by molar-refractivity contribution is 0.101. The molecule has 1 saturated heterocycles. The van der Waals surface area contributed by atoms with Crippen LogP contribution in [0.15, 0.2) is 18.2 Å². The molecule has 0 spiro atoms. The maximum absolute atomic E-state index is 13.3. The molecule has 0 unspecified atom stereocenters. The largest absolute Gasteiger partial charge is 0.368 e. The van der Waals surface area contributed by atoms with Crippen LogP contribution in [-0.2, 0) is 0 Å². The number of anilines is 1. The maximum Gasteiger partial charge on any atom is 0.161 e. The Kier molecular flexibility index (Phi) is 4.14. The van der Waals surface area contributed by atoms with Gasteiger partial charge in [-0.3, -0.25) is 9.69 Å². The van der Waals surface area contributed by atoms with E-state index in [1.807, 2.05) is 0 Å². The number of rotatable bonds is 2. The van der Waals surface area contributed by atoms with Gasteiger partial charge < -0.3 is 4.90 Å². The van der Waals surface area contributed by atoms with Crippen molar-refractivity contribution in [2.45, 2.75) is 33.2 Å². The third kappa shape index (κ3) is 3.18. The number of hydrogen-bond acceptors (Lipinski definition) is 3. The maximum atomic E-state index is 13.3. The summed E-state index contributed by atoms with van der Waals surface area (Å²) in [6.45, 7) is 11.8. The molecule has 0 saturated carbocycles. The van der Waals surface area contributed by atoms with Crippen LogP contribution in [0, 0.1) is 5.82 Å². The number of nitrogens with zero attached hydrogens (tertiary/aromatic N) is 2. The molecule has 0 atom stereocenters. The zero-order valence-electron chi connectivity index (χ0n) is 12.7. The molecular weight excluding hydrogens is 255 g/mol. The number of Topliss-reactive ketones (excluding diaryl/α,β-unsaturated/α-hetero) is 1. The van der Waals surface area contributed by atoms with E-state index >= 15 is 0 Å². The highest BCUT2D eigenvalue weighted by Gasteiger charge is 2.27. The molecule has 0 aromatic heterocycles. The Morgan fingerprint density at radius 2 is 1.75 bits per heavy atom. The summed E-state index contributed by atoms with van der Waals surface area (Å²) in [6.07, 6.45) is 0. The monoisotopic (exact) mass is 278 g/mol. The topological polar surface area (TPSA) is 23.6 Å². The summed E-state index contributed by atoms with van der Waals surface area (Å²) in [5.41, 5.74) is 1.50. The van der Waals surface area contributed by atoms with Gasteiger partial charge in [-0.15, -0.1) is 0 Å². The Morgan fingerprint density at radius 1 is 1.15 bits per heavy atom. The molecule has 3 nitrogen and oxygen atoms in total. The van der Waals surface area contributed by atoms with Gasteiger partial charge in [0.25, 0.3) is 0 Å². The Balaban J connectivity index is 2.17. The molecule has 0 radical (unpaired) electrons. The van der Waals surface area contributed by atoms with Gasteiger partial charge in [0.1, 0.15) is 5.82 Å². The number of halogens is 1. The highest BCUT2D eigenvalue weighted by Crippen LogP contribution is 2.25. The van der Waals surface area contributed by atoms with Gasteiger partial charge >= 0.3 is 0 Å². The van der Waals surface area contributed by atoms with Crippen molar-refractivity contribution < 1.29 is 9.18 Å². The third-order valence-electron chi connectivity index (χ3n) is 3.91. The SMILES string of the molecule is CC(=O)c1cc(F)ccc1N1CCN(C(C)(C)C)CC1. The molecule has 0 amide bonds. The van der Waals surface area contributed by atoms with Crippen LogP contribution >= 0.6 is 0 Å². The highest BCUT2D eigenvalue weighted by atomic mass is 19.1. The molecule has 0 aliphatic carbocycles. The van der Waals surface area contributed by atoms with Crippen LogP contribution in [-0.4, -0.2) is 42.4 Å². The number of piperazine rings is 1. The molecular formula is C16H23FN2O. The Morgan fingerprint density at radius 3 is 2.25 bits per heavy atom. The molecule has 2 rings (SSSR count). The van der Waals surface area contributed by atoms with Crippen molar-refractivity contribution >= 4 is 11.5 Å². The first kappa shape index (κ1) is 15.0. The fraction of sp³-hybridized carbons (Fsp3) is 0.562. The van der Waals surface area contributed by atoms with E-state index in [1.165, 1.54) is 19.1 Å². The first-order valence-electron chi connectivity index (χ1n) is 7.09. The molecule has 4 heteroatoms. The van der Waals surface area contributed by atoms with Crippen LogP contribution in [0.1, 0.15) is 38.1 Å². The quantitative estimate of drug-likeness (QED) is 0.777. The van der Waals surface area contributed by atoms with Crippen molar-refractivity contribution in [2.75, 3.05) is 31.1 Å². The molecule has 20 heavy (non-hydrogen) atoms. The minimum absolute atomic E-state index is 0.0854. The van der Waals surface area contributed by atoms with E-state index in [0.29, 0.717) is 5.56 Å². The van der Waals surface area contributed by atoms with Crippen molar-refractivity contribution in [1.82, 2.24) is 4.90 Å². The van der Waals surface area contributed by atoms with E-state index in [-0.39, 0.29) is 17.1 Å². The van der Waals surface area contributed by atoms with Crippen LogP contribution in [0.3, 0.4) is 0 Å². The van der Waals surface area contributed by atoms with Crippen LogP contribution in [0.2, 0.25) is 0 Å². The zero-order chi connectivity index (χ0) is 14.9. The fourth-order valence-electron chi connectivity index (χ4n) is 2.68. The number of carbonyl (C=O) groups is 1. The van der Waals surface area contributed by atoms with E-state index in [9.17, 15) is 9.18 Å². The average molecular weight is 278 g/mol. The summed E-state index contributed by atoms with van der Waals surface area (Å²) in [5.74, 6) is -0.440. The predicted molar refractivity (Wildman–Crippen MR) is 79.9 cm³/mol. The Labute approximate surface area is 120 Å². The van der Waals surface area contributed by atoms with Gasteiger partial charge in [-0.2, -0.15) is 0 Å². The summed E-state index contributed by atoms with van der Waals surface area (Å²) < 4.78 is 13.3. The van der Waals surface area contributed by atoms with Gasteiger partial charge in [0.05, 0.1) is 0 Å². The van der Waals surface area contributed by atoms with Gasteiger partial charge in [-0.25, -0.2) is 4.39 Å². The fourth-order valence-corrected chi connectivity index (χ4v) is 2.68. The summed E-state index contributed by atoms with van der Waals surface area (Å²) in [6, 6.07) is 4.49. The third-order valence-corrected chi connectivity index (χ3v) is 3.91. The number of ketones is 1. The second kappa shape index (κ2) is 5.52. The average Bonchev–Trinajstić information content (AvgIpc) is 2.37. The number of benzene rings is 1. The summed E-state index contributed by atoms with van der Waals surface area (Å²) in [4.78, 5) is 16.3. The highest BCUT2D eigenvalue weighted by molar-refractivity contribution is 5.99. The lowest BCUT2D eigenvalue weighted by atomic mass is 10.0. The van der Waals surface area contributed by atoms with Gasteiger partial charge in [0.2, 0.25) is 0 Å². The molecule has 1 fully saturated rings. The van der Waals surface area contributed by atoms with Crippen molar-refractivity contribution in [3.05, 3.63) is 29.6 Å². The molecule has 1 aliphatic rings.